The van der Waals surface area contributed by atoms with Crippen molar-refractivity contribution in [2.45, 2.75) is 31.5 Å². The molecule has 2 rings (SSSR count). The maximum atomic E-state index is 9.85. The molecule has 0 bridgehead atoms. The van der Waals surface area contributed by atoms with Gasteiger partial charge in [-0.3, -0.25) is 4.90 Å². The number of nitrogens with two attached hydrogens (primary N) is 1. The minimum absolute atomic E-state index is 0.245. The van der Waals surface area contributed by atoms with Gasteiger partial charge < -0.3 is 15.6 Å². The highest BCUT2D eigenvalue weighted by atomic mass is 16.5. The molecule has 2 fully saturated rings. The Hall–Kier alpha value is -0.160. The summed E-state index contributed by atoms with van der Waals surface area (Å²) < 4.78 is 5.60. The number of nitrogens with zero attached hydrogens (tertiary/aromatic N) is 1. The van der Waals surface area contributed by atoms with Crippen molar-refractivity contribution in [1.29, 1.82) is 0 Å². The molecule has 4 nitrogen and oxygen atoms in total. The van der Waals surface area contributed by atoms with Crippen molar-refractivity contribution in [3.8, 4) is 0 Å². The van der Waals surface area contributed by atoms with E-state index in [2.05, 4.69) is 4.90 Å². The lowest BCUT2D eigenvalue weighted by Crippen LogP contribution is -2.48. The fraction of sp³-hybridized carbons (Fsp3) is 1.00. The summed E-state index contributed by atoms with van der Waals surface area (Å²) in [5.74, 6) is 0.297. The number of hydrogen-bond acceptors (Lipinski definition) is 4. The molecule has 2 saturated heterocycles. The Morgan fingerprint density at radius 1 is 1.40 bits per heavy atom. The third kappa shape index (κ3) is 2.91. The van der Waals surface area contributed by atoms with Crippen molar-refractivity contribution in [3.63, 3.8) is 0 Å². The van der Waals surface area contributed by atoms with E-state index in [1.165, 1.54) is 12.8 Å². The number of ether oxygens (including phenoxy) is 1. The topological polar surface area (TPSA) is 58.7 Å². The minimum atomic E-state index is -0.245. The lowest BCUT2D eigenvalue weighted by Gasteiger charge is -2.36. The fourth-order valence-corrected chi connectivity index (χ4v) is 2.56. The second kappa shape index (κ2) is 5.25. The lowest BCUT2D eigenvalue weighted by atomic mass is 9.94. The van der Waals surface area contributed by atoms with Crippen LogP contribution in [0, 0.1) is 5.92 Å². The molecule has 0 spiro atoms. The molecule has 15 heavy (non-hydrogen) atoms. The number of hydrogen-bond donors (Lipinski definition) is 2. The summed E-state index contributed by atoms with van der Waals surface area (Å²) in [5.41, 5.74) is 5.60. The van der Waals surface area contributed by atoms with Crippen LogP contribution in [-0.2, 0) is 4.74 Å². The SMILES string of the molecule is NCC1CCN(CC2CCCO2)CC1O. The van der Waals surface area contributed by atoms with Crippen LogP contribution in [0.1, 0.15) is 19.3 Å². The van der Waals surface area contributed by atoms with Gasteiger partial charge in [-0.2, -0.15) is 0 Å². The van der Waals surface area contributed by atoms with Gasteiger partial charge in [0.1, 0.15) is 0 Å². The Labute approximate surface area is 91.4 Å². The highest BCUT2D eigenvalue weighted by molar-refractivity contribution is 4.82. The Morgan fingerprint density at radius 2 is 2.27 bits per heavy atom. The molecule has 3 atom stereocenters. The quantitative estimate of drug-likeness (QED) is 0.683. The molecule has 2 aliphatic heterocycles. The minimum Gasteiger partial charge on any atom is -0.391 e. The van der Waals surface area contributed by atoms with Gasteiger partial charge in [0, 0.05) is 19.7 Å². The van der Waals surface area contributed by atoms with E-state index in [9.17, 15) is 5.11 Å². The van der Waals surface area contributed by atoms with E-state index in [0.717, 1.165) is 32.7 Å². The summed E-state index contributed by atoms with van der Waals surface area (Å²) in [6.07, 6.45) is 3.53. The van der Waals surface area contributed by atoms with E-state index >= 15 is 0 Å². The molecule has 0 saturated carbocycles. The van der Waals surface area contributed by atoms with Gasteiger partial charge in [-0.1, -0.05) is 0 Å². The number of likely N-dealkylation sites (tertiary alicyclic amines) is 1. The van der Waals surface area contributed by atoms with E-state index in [-0.39, 0.29) is 6.10 Å². The Morgan fingerprint density at radius 3 is 2.87 bits per heavy atom. The Kier molecular flexibility index (Phi) is 3.97. The van der Waals surface area contributed by atoms with Gasteiger partial charge in [-0.25, -0.2) is 0 Å². The van der Waals surface area contributed by atoms with Crippen LogP contribution in [0.2, 0.25) is 0 Å². The molecule has 0 amide bonds. The van der Waals surface area contributed by atoms with Gasteiger partial charge in [0.2, 0.25) is 0 Å². The van der Waals surface area contributed by atoms with Gasteiger partial charge in [-0.05, 0) is 38.3 Å². The predicted octanol–water partition coefficient (Wildman–Crippen LogP) is -0.193. The van der Waals surface area contributed by atoms with Gasteiger partial charge in [0.05, 0.1) is 12.2 Å². The van der Waals surface area contributed by atoms with Crippen molar-refractivity contribution >= 4 is 0 Å². The van der Waals surface area contributed by atoms with Gasteiger partial charge in [-0.15, -0.1) is 0 Å². The lowest BCUT2D eigenvalue weighted by molar-refractivity contribution is -0.0000138. The first kappa shape index (κ1) is 11.3. The van der Waals surface area contributed by atoms with Crippen molar-refractivity contribution in [3.05, 3.63) is 0 Å². The average Bonchev–Trinajstić information content (AvgIpc) is 2.71. The summed E-state index contributed by atoms with van der Waals surface area (Å²) in [7, 11) is 0. The number of β-amino-alcohol motifs (C(OH)–C–C–N with tert-alkyl or cyclic N) is 1. The zero-order valence-corrected chi connectivity index (χ0v) is 9.27. The number of aliphatic hydroxyl groups excluding tert-OH is 1. The average molecular weight is 214 g/mol. The van der Waals surface area contributed by atoms with E-state index in [1.807, 2.05) is 0 Å². The molecular weight excluding hydrogens is 192 g/mol. The molecular formula is C11H22N2O2. The maximum absolute atomic E-state index is 9.85. The van der Waals surface area contributed by atoms with E-state index in [0.29, 0.717) is 18.6 Å². The Balaban J connectivity index is 1.75. The molecule has 0 aromatic rings. The highest BCUT2D eigenvalue weighted by Gasteiger charge is 2.28. The molecule has 88 valence electrons. The maximum Gasteiger partial charge on any atom is 0.0707 e. The summed E-state index contributed by atoms with van der Waals surface area (Å²) in [4.78, 5) is 2.31. The standard InChI is InChI=1S/C11H22N2O2/c12-6-9-3-4-13(8-11(9)14)7-10-2-1-5-15-10/h9-11,14H,1-8,12H2. The van der Waals surface area contributed by atoms with Crippen LogP contribution in [0.5, 0.6) is 0 Å². The second-order valence-electron chi connectivity index (χ2n) is 4.75. The largest absolute Gasteiger partial charge is 0.391 e. The second-order valence-corrected chi connectivity index (χ2v) is 4.75. The van der Waals surface area contributed by atoms with Crippen LogP contribution in [0.4, 0.5) is 0 Å². The van der Waals surface area contributed by atoms with E-state index in [1.54, 1.807) is 0 Å². The van der Waals surface area contributed by atoms with Crippen LogP contribution < -0.4 is 5.73 Å². The monoisotopic (exact) mass is 214 g/mol. The van der Waals surface area contributed by atoms with E-state index in [4.69, 9.17) is 10.5 Å². The number of piperidine rings is 1. The fourth-order valence-electron chi connectivity index (χ4n) is 2.56. The van der Waals surface area contributed by atoms with Gasteiger partial charge in [0.15, 0.2) is 0 Å². The van der Waals surface area contributed by atoms with Crippen LogP contribution in [0.3, 0.4) is 0 Å². The first-order chi connectivity index (χ1) is 7.29. The van der Waals surface area contributed by atoms with Crippen molar-refractivity contribution in [2.24, 2.45) is 11.7 Å². The van der Waals surface area contributed by atoms with Gasteiger partial charge >= 0.3 is 0 Å². The number of aliphatic hydroxyl groups is 1. The molecule has 0 aliphatic carbocycles. The Bertz CT molecular complexity index is 195. The zero-order valence-electron chi connectivity index (χ0n) is 9.27. The van der Waals surface area contributed by atoms with Crippen molar-refractivity contribution in [1.82, 2.24) is 4.90 Å². The van der Waals surface area contributed by atoms with Gasteiger partial charge in [0.25, 0.3) is 0 Å². The normalized spacial score (nSPS) is 38.4. The smallest absolute Gasteiger partial charge is 0.0707 e. The highest BCUT2D eigenvalue weighted by Crippen LogP contribution is 2.19. The molecule has 4 heteroatoms. The summed E-state index contributed by atoms with van der Waals surface area (Å²) >= 11 is 0. The molecule has 0 aromatic carbocycles. The van der Waals surface area contributed by atoms with Crippen LogP contribution in [0.15, 0.2) is 0 Å². The third-order valence-electron chi connectivity index (χ3n) is 3.59. The van der Waals surface area contributed by atoms with Crippen LogP contribution >= 0.6 is 0 Å². The molecule has 2 heterocycles. The molecule has 3 N–H and O–H groups in total. The van der Waals surface area contributed by atoms with Crippen molar-refractivity contribution < 1.29 is 9.84 Å². The first-order valence-electron chi connectivity index (χ1n) is 6.01. The molecule has 2 aliphatic rings. The third-order valence-corrected chi connectivity index (χ3v) is 3.59. The zero-order chi connectivity index (χ0) is 10.7. The van der Waals surface area contributed by atoms with Crippen LogP contribution in [0.25, 0.3) is 0 Å². The summed E-state index contributed by atoms with van der Waals surface area (Å²) in [6.45, 7) is 4.32. The number of rotatable bonds is 3. The van der Waals surface area contributed by atoms with Crippen LogP contribution in [-0.4, -0.2) is 55.0 Å². The summed E-state index contributed by atoms with van der Waals surface area (Å²) in [6, 6.07) is 0. The molecule has 0 radical (unpaired) electrons. The molecule has 0 aromatic heterocycles. The summed E-state index contributed by atoms with van der Waals surface area (Å²) in [5, 5.41) is 9.85. The molecule has 3 unspecified atom stereocenters. The van der Waals surface area contributed by atoms with Crippen molar-refractivity contribution in [2.75, 3.05) is 32.8 Å². The first-order valence-corrected chi connectivity index (χ1v) is 6.01. The van der Waals surface area contributed by atoms with E-state index < -0.39 is 0 Å². The predicted molar refractivity (Wildman–Crippen MR) is 58.6 cm³/mol.